The van der Waals surface area contributed by atoms with Crippen LogP contribution in [0, 0.1) is 6.92 Å². The van der Waals surface area contributed by atoms with Gasteiger partial charge in [0.2, 0.25) is 5.91 Å². The maximum Gasteiger partial charge on any atom is 0.335 e. The molecule has 32 heavy (non-hydrogen) atoms. The number of aromatic nitrogens is 4. The van der Waals surface area contributed by atoms with Gasteiger partial charge in [-0.25, -0.2) is 9.48 Å². The topological polar surface area (TPSA) is 101 Å². The molecule has 1 N–H and O–H groups in total. The molecule has 8 nitrogen and oxygen atoms in total. The monoisotopic (exact) mass is 433 g/mol. The van der Waals surface area contributed by atoms with Gasteiger partial charge in [-0.1, -0.05) is 11.3 Å². The molecule has 3 aromatic rings. The third kappa shape index (κ3) is 5.01. The molecular weight excluding hydrogens is 406 g/mol. The molecule has 1 amide bonds. The first-order valence-electron chi connectivity index (χ1n) is 11.0. The summed E-state index contributed by atoms with van der Waals surface area (Å²) in [5.74, 6) is -0.799. The number of aryl methyl sites for hydroxylation is 2. The lowest BCUT2D eigenvalue weighted by atomic mass is 9.97. The van der Waals surface area contributed by atoms with Crippen molar-refractivity contribution >= 4 is 11.9 Å². The largest absolute Gasteiger partial charge is 0.478 e. The molecule has 1 aromatic carbocycles. The first-order valence-corrected chi connectivity index (χ1v) is 11.0. The van der Waals surface area contributed by atoms with E-state index in [2.05, 4.69) is 15.3 Å². The van der Waals surface area contributed by atoms with Crippen LogP contribution in [-0.4, -0.2) is 54.4 Å². The molecule has 0 spiro atoms. The Morgan fingerprint density at radius 1 is 1.16 bits per heavy atom. The normalized spacial score (nSPS) is 16.2. The Labute approximate surface area is 186 Å². The molecule has 0 saturated carbocycles. The van der Waals surface area contributed by atoms with Crippen LogP contribution in [0.4, 0.5) is 0 Å². The number of aromatic carboxylic acids is 1. The van der Waals surface area contributed by atoms with Crippen molar-refractivity contribution in [2.45, 2.75) is 51.5 Å². The molecule has 1 fully saturated rings. The first-order chi connectivity index (χ1) is 15.5. The highest BCUT2D eigenvalue weighted by Crippen LogP contribution is 2.22. The Kier molecular flexibility index (Phi) is 6.58. The van der Waals surface area contributed by atoms with Crippen LogP contribution in [-0.2, 0) is 17.6 Å². The molecule has 1 saturated heterocycles. The summed E-state index contributed by atoms with van der Waals surface area (Å²) >= 11 is 0. The molecular formula is C24H27N5O3. The average molecular weight is 434 g/mol. The SMILES string of the molecule is Cc1cccnc1CCC(=O)N1CCCCC1Cc1cn(-c2ccc(C(=O)O)cc2)nn1. The molecule has 3 heterocycles. The minimum atomic E-state index is -0.962. The zero-order valence-corrected chi connectivity index (χ0v) is 18.1. The fourth-order valence-corrected chi connectivity index (χ4v) is 4.21. The fourth-order valence-electron chi connectivity index (χ4n) is 4.21. The van der Waals surface area contributed by atoms with Crippen molar-refractivity contribution in [2.24, 2.45) is 0 Å². The Morgan fingerprint density at radius 3 is 2.72 bits per heavy atom. The van der Waals surface area contributed by atoms with E-state index < -0.39 is 5.97 Å². The summed E-state index contributed by atoms with van der Waals surface area (Å²) in [5.41, 5.74) is 3.88. The number of likely N-dealkylation sites (tertiary alicyclic amines) is 1. The van der Waals surface area contributed by atoms with Gasteiger partial charge in [0.15, 0.2) is 0 Å². The molecule has 4 rings (SSSR count). The number of hydrogen-bond donors (Lipinski definition) is 1. The molecule has 2 aromatic heterocycles. The van der Waals surface area contributed by atoms with Crippen LogP contribution in [0.2, 0.25) is 0 Å². The quantitative estimate of drug-likeness (QED) is 0.614. The van der Waals surface area contributed by atoms with Gasteiger partial charge in [-0.3, -0.25) is 9.78 Å². The fraction of sp³-hybridized carbons (Fsp3) is 0.375. The number of piperidine rings is 1. The van der Waals surface area contributed by atoms with Gasteiger partial charge in [-0.15, -0.1) is 5.10 Å². The third-order valence-corrected chi connectivity index (χ3v) is 6.01. The minimum absolute atomic E-state index is 0.112. The molecule has 166 valence electrons. The average Bonchev–Trinajstić information content (AvgIpc) is 3.27. The van der Waals surface area contributed by atoms with E-state index in [1.165, 1.54) is 0 Å². The van der Waals surface area contributed by atoms with E-state index in [4.69, 9.17) is 5.11 Å². The summed E-state index contributed by atoms with van der Waals surface area (Å²) in [7, 11) is 0. The van der Waals surface area contributed by atoms with Crippen molar-refractivity contribution in [3.8, 4) is 5.69 Å². The van der Waals surface area contributed by atoms with Crippen LogP contribution in [0.25, 0.3) is 5.69 Å². The molecule has 0 bridgehead atoms. The second kappa shape index (κ2) is 9.72. The Bertz CT molecular complexity index is 1090. The van der Waals surface area contributed by atoms with Crippen molar-refractivity contribution in [3.05, 3.63) is 71.3 Å². The highest BCUT2D eigenvalue weighted by atomic mass is 16.4. The molecule has 8 heteroatoms. The van der Waals surface area contributed by atoms with Gasteiger partial charge < -0.3 is 10.0 Å². The molecule has 0 radical (unpaired) electrons. The standard InChI is InChI=1S/C24H27N5O3/c1-17-5-4-13-25-22(17)11-12-23(30)28-14-3-2-6-21(28)15-19-16-29(27-26-19)20-9-7-18(8-10-20)24(31)32/h4-5,7-10,13,16,21H,2-3,6,11-12,14-15H2,1H3,(H,31,32). The van der Waals surface area contributed by atoms with E-state index in [1.54, 1.807) is 35.1 Å². The number of carboxylic acid groups (broad SMARTS) is 1. The van der Waals surface area contributed by atoms with Gasteiger partial charge in [0, 0.05) is 37.3 Å². The smallest absolute Gasteiger partial charge is 0.335 e. The second-order valence-corrected chi connectivity index (χ2v) is 8.21. The summed E-state index contributed by atoms with van der Waals surface area (Å²) in [4.78, 5) is 30.4. The van der Waals surface area contributed by atoms with E-state index in [0.717, 1.165) is 48.4 Å². The van der Waals surface area contributed by atoms with Crippen LogP contribution in [0.5, 0.6) is 0 Å². The Balaban J connectivity index is 1.40. The number of rotatable bonds is 7. The van der Waals surface area contributed by atoms with Crippen LogP contribution in [0.15, 0.2) is 48.8 Å². The Morgan fingerprint density at radius 2 is 1.97 bits per heavy atom. The minimum Gasteiger partial charge on any atom is -0.478 e. The van der Waals surface area contributed by atoms with Crippen LogP contribution in [0.1, 0.15) is 53.0 Å². The molecule has 1 unspecified atom stereocenters. The predicted octanol–water partition coefficient (Wildman–Crippen LogP) is 3.23. The number of hydrogen-bond acceptors (Lipinski definition) is 5. The van der Waals surface area contributed by atoms with Crippen LogP contribution >= 0.6 is 0 Å². The number of amides is 1. The van der Waals surface area contributed by atoms with Crippen molar-refractivity contribution in [2.75, 3.05) is 6.54 Å². The number of carboxylic acids is 1. The zero-order valence-electron chi connectivity index (χ0n) is 18.1. The first kappa shape index (κ1) is 21.7. The second-order valence-electron chi connectivity index (χ2n) is 8.21. The number of pyridine rings is 1. The number of nitrogens with zero attached hydrogens (tertiary/aromatic N) is 5. The molecule has 1 atom stereocenters. The summed E-state index contributed by atoms with van der Waals surface area (Å²) < 4.78 is 1.64. The van der Waals surface area contributed by atoms with Crippen LogP contribution in [0.3, 0.4) is 0 Å². The van der Waals surface area contributed by atoms with E-state index in [1.807, 2.05) is 30.2 Å². The summed E-state index contributed by atoms with van der Waals surface area (Å²) in [5, 5.41) is 17.5. The van der Waals surface area contributed by atoms with Crippen molar-refractivity contribution in [3.63, 3.8) is 0 Å². The van der Waals surface area contributed by atoms with Crippen LogP contribution < -0.4 is 0 Å². The van der Waals surface area contributed by atoms with Gasteiger partial charge in [-0.05, 0) is 68.5 Å². The molecule has 1 aliphatic heterocycles. The van der Waals surface area contributed by atoms with Gasteiger partial charge in [0.05, 0.1) is 23.1 Å². The summed E-state index contributed by atoms with van der Waals surface area (Å²) in [6.07, 6.45) is 8.45. The van der Waals surface area contributed by atoms with E-state index in [-0.39, 0.29) is 17.5 Å². The zero-order chi connectivity index (χ0) is 22.5. The lowest BCUT2D eigenvalue weighted by Gasteiger charge is -2.35. The van der Waals surface area contributed by atoms with E-state index in [0.29, 0.717) is 19.3 Å². The van der Waals surface area contributed by atoms with E-state index in [9.17, 15) is 9.59 Å². The number of carbonyl (C=O) groups excluding carboxylic acids is 1. The van der Waals surface area contributed by atoms with Gasteiger partial charge >= 0.3 is 5.97 Å². The third-order valence-electron chi connectivity index (χ3n) is 6.01. The lowest BCUT2D eigenvalue weighted by molar-refractivity contribution is -0.134. The highest BCUT2D eigenvalue weighted by molar-refractivity contribution is 5.87. The van der Waals surface area contributed by atoms with E-state index >= 15 is 0 Å². The lowest BCUT2D eigenvalue weighted by Crippen LogP contribution is -2.45. The predicted molar refractivity (Wildman–Crippen MR) is 119 cm³/mol. The van der Waals surface area contributed by atoms with Crippen molar-refractivity contribution < 1.29 is 14.7 Å². The maximum absolute atomic E-state index is 13.0. The summed E-state index contributed by atoms with van der Waals surface area (Å²) in [6.45, 7) is 2.80. The van der Waals surface area contributed by atoms with Crippen molar-refractivity contribution in [1.82, 2.24) is 24.9 Å². The number of benzene rings is 1. The van der Waals surface area contributed by atoms with Gasteiger partial charge in [0.1, 0.15) is 0 Å². The molecule has 0 aliphatic carbocycles. The summed E-state index contributed by atoms with van der Waals surface area (Å²) in [6, 6.07) is 10.5. The Hall–Kier alpha value is -3.55. The highest BCUT2D eigenvalue weighted by Gasteiger charge is 2.27. The van der Waals surface area contributed by atoms with Crippen molar-refractivity contribution in [1.29, 1.82) is 0 Å². The van der Waals surface area contributed by atoms with Gasteiger partial charge in [0.25, 0.3) is 0 Å². The maximum atomic E-state index is 13.0. The number of carbonyl (C=O) groups is 2. The van der Waals surface area contributed by atoms with Gasteiger partial charge in [-0.2, -0.15) is 0 Å². The molecule has 1 aliphatic rings.